The standard InChI is InChI=1S/C13H15/c1-3-13(2)9-8-11-6-4-5-7-12(11)10-13/h4-10H,3H2,1-2H3. The number of benzene rings is 1. The van der Waals surface area contributed by atoms with Crippen LogP contribution in [0.15, 0.2) is 30.3 Å². The Kier molecular flexibility index (Phi) is 1.99. The van der Waals surface area contributed by atoms with Crippen LogP contribution in [0.3, 0.4) is 0 Å². The molecule has 67 valence electrons. The molecule has 0 spiro atoms. The Labute approximate surface area is 80.3 Å². The third-order valence-corrected chi connectivity index (χ3v) is 2.89. The molecule has 1 aliphatic carbocycles. The molecule has 1 atom stereocenters. The molecule has 0 saturated heterocycles. The van der Waals surface area contributed by atoms with Gasteiger partial charge in [0.05, 0.1) is 0 Å². The molecule has 0 fully saturated rings. The molecule has 1 unspecified atom stereocenters. The van der Waals surface area contributed by atoms with Gasteiger partial charge in [0.1, 0.15) is 0 Å². The second kappa shape index (κ2) is 3.02. The summed E-state index contributed by atoms with van der Waals surface area (Å²) < 4.78 is 0. The predicted octanol–water partition coefficient (Wildman–Crippen LogP) is 3.68. The highest BCUT2D eigenvalue weighted by Gasteiger charge is 2.23. The number of hydrogen-bond donors (Lipinski definition) is 0. The van der Waals surface area contributed by atoms with Gasteiger partial charge in [-0.25, -0.2) is 0 Å². The van der Waals surface area contributed by atoms with Gasteiger partial charge in [-0.05, 0) is 23.0 Å². The second-order valence-corrected chi connectivity index (χ2v) is 3.97. The molecular formula is C13H15. The summed E-state index contributed by atoms with van der Waals surface area (Å²) in [5, 5.41) is 0. The quantitative estimate of drug-likeness (QED) is 0.604. The van der Waals surface area contributed by atoms with Crippen molar-refractivity contribution in [1.82, 2.24) is 0 Å². The van der Waals surface area contributed by atoms with E-state index in [4.69, 9.17) is 0 Å². The second-order valence-electron chi connectivity index (χ2n) is 3.97. The van der Waals surface area contributed by atoms with Crippen LogP contribution in [0.4, 0.5) is 0 Å². The van der Waals surface area contributed by atoms with Gasteiger partial charge in [0.15, 0.2) is 0 Å². The minimum Gasteiger partial charge on any atom is -0.0774 e. The topological polar surface area (TPSA) is 0 Å². The molecule has 0 aromatic heterocycles. The van der Waals surface area contributed by atoms with Crippen molar-refractivity contribution in [3.63, 3.8) is 0 Å². The maximum Gasteiger partial charge on any atom is 0.000985 e. The van der Waals surface area contributed by atoms with Crippen LogP contribution in [0, 0.1) is 11.8 Å². The zero-order valence-corrected chi connectivity index (χ0v) is 8.25. The Morgan fingerprint density at radius 3 is 2.54 bits per heavy atom. The van der Waals surface area contributed by atoms with Crippen LogP contribution in [-0.4, -0.2) is 0 Å². The molecule has 2 rings (SSSR count). The summed E-state index contributed by atoms with van der Waals surface area (Å²) in [5.74, 6) is 0. The lowest BCUT2D eigenvalue weighted by Gasteiger charge is -2.28. The third-order valence-electron chi connectivity index (χ3n) is 2.89. The highest BCUT2D eigenvalue weighted by atomic mass is 14.3. The first kappa shape index (κ1) is 8.55. The van der Waals surface area contributed by atoms with E-state index in [1.54, 1.807) is 0 Å². The van der Waals surface area contributed by atoms with E-state index in [1.165, 1.54) is 11.1 Å². The summed E-state index contributed by atoms with van der Waals surface area (Å²) in [6.07, 6.45) is 8.06. The molecule has 0 heteroatoms. The normalized spacial score (nSPS) is 25.7. The van der Waals surface area contributed by atoms with Gasteiger partial charge < -0.3 is 0 Å². The maximum absolute atomic E-state index is 2.36. The van der Waals surface area contributed by atoms with Gasteiger partial charge in [-0.2, -0.15) is 0 Å². The Morgan fingerprint density at radius 1 is 1.15 bits per heavy atom. The van der Waals surface area contributed by atoms with Crippen LogP contribution in [-0.2, 0) is 0 Å². The smallest absolute Gasteiger partial charge is 0.000985 e. The van der Waals surface area contributed by atoms with Crippen molar-refractivity contribution in [2.75, 3.05) is 0 Å². The van der Waals surface area contributed by atoms with Crippen LogP contribution >= 0.6 is 0 Å². The van der Waals surface area contributed by atoms with E-state index in [0.717, 1.165) is 6.42 Å². The van der Waals surface area contributed by atoms with Gasteiger partial charge in [0, 0.05) is 6.42 Å². The van der Waals surface area contributed by atoms with Crippen LogP contribution in [0.25, 0.3) is 6.08 Å². The van der Waals surface area contributed by atoms with Crippen molar-refractivity contribution < 1.29 is 0 Å². The fraction of sp³-hybridized carbons (Fsp3) is 0.308. The van der Waals surface area contributed by atoms with Crippen molar-refractivity contribution in [3.05, 3.63) is 47.9 Å². The molecule has 1 aromatic carbocycles. The average Bonchev–Trinajstić information content (AvgIpc) is 2.18. The third kappa shape index (κ3) is 1.53. The number of rotatable bonds is 1. The SMILES string of the molecule is CCC1(C)[CH]c2ccccc2C=C1. The highest BCUT2D eigenvalue weighted by molar-refractivity contribution is 5.61. The van der Waals surface area contributed by atoms with E-state index in [9.17, 15) is 0 Å². The summed E-state index contributed by atoms with van der Waals surface area (Å²) in [7, 11) is 0. The van der Waals surface area contributed by atoms with Crippen LogP contribution in [0.2, 0.25) is 0 Å². The van der Waals surface area contributed by atoms with Crippen LogP contribution in [0.5, 0.6) is 0 Å². The van der Waals surface area contributed by atoms with Gasteiger partial charge in [-0.3, -0.25) is 0 Å². The first-order chi connectivity index (χ1) is 6.23. The van der Waals surface area contributed by atoms with Gasteiger partial charge in [-0.1, -0.05) is 50.3 Å². The lowest BCUT2D eigenvalue weighted by atomic mass is 9.76. The van der Waals surface area contributed by atoms with E-state index in [0.29, 0.717) is 0 Å². The minimum atomic E-state index is 0.258. The van der Waals surface area contributed by atoms with Crippen LogP contribution < -0.4 is 0 Å². The number of fused-ring (bicyclic) bond motifs is 1. The van der Waals surface area contributed by atoms with Gasteiger partial charge in [-0.15, -0.1) is 0 Å². The largest absolute Gasteiger partial charge is 0.0774 e. The summed E-state index contributed by atoms with van der Waals surface area (Å²) in [6, 6.07) is 8.54. The highest BCUT2D eigenvalue weighted by Crippen LogP contribution is 2.36. The molecule has 0 saturated carbocycles. The molecule has 0 nitrogen and oxygen atoms in total. The van der Waals surface area contributed by atoms with Crippen molar-refractivity contribution in [2.24, 2.45) is 5.41 Å². The van der Waals surface area contributed by atoms with Crippen LogP contribution in [0.1, 0.15) is 31.4 Å². The molecule has 1 aliphatic rings. The fourth-order valence-corrected chi connectivity index (χ4v) is 1.70. The Balaban J connectivity index is 2.39. The average molecular weight is 171 g/mol. The summed E-state index contributed by atoms with van der Waals surface area (Å²) >= 11 is 0. The Bertz CT molecular complexity index is 336. The van der Waals surface area contributed by atoms with E-state index in [2.05, 4.69) is 56.7 Å². The van der Waals surface area contributed by atoms with Gasteiger partial charge in [0.2, 0.25) is 0 Å². The summed E-state index contributed by atoms with van der Waals surface area (Å²) in [5.41, 5.74) is 2.97. The summed E-state index contributed by atoms with van der Waals surface area (Å²) in [6.45, 7) is 4.51. The zero-order chi connectivity index (χ0) is 9.31. The molecule has 13 heavy (non-hydrogen) atoms. The molecule has 0 aliphatic heterocycles. The number of hydrogen-bond acceptors (Lipinski definition) is 0. The Hall–Kier alpha value is -1.04. The first-order valence-electron chi connectivity index (χ1n) is 4.88. The van der Waals surface area contributed by atoms with Crippen molar-refractivity contribution >= 4 is 6.08 Å². The minimum absolute atomic E-state index is 0.258. The van der Waals surface area contributed by atoms with Crippen molar-refractivity contribution in [3.8, 4) is 0 Å². The predicted molar refractivity (Wildman–Crippen MR) is 57.3 cm³/mol. The van der Waals surface area contributed by atoms with E-state index >= 15 is 0 Å². The fourth-order valence-electron chi connectivity index (χ4n) is 1.70. The first-order valence-corrected chi connectivity index (χ1v) is 4.88. The van der Waals surface area contributed by atoms with E-state index in [1.807, 2.05) is 0 Å². The maximum atomic E-state index is 2.36. The van der Waals surface area contributed by atoms with Crippen molar-refractivity contribution in [2.45, 2.75) is 20.3 Å². The zero-order valence-electron chi connectivity index (χ0n) is 8.25. The molecule has 0 heterocycles. The molecular weight excluding hydrogens is 156 g/mol. The van der Waals surface area contributed by atoms with Gasteiger partial charge >= 0.3 is 0 Å². The van der Waals surface area contributed by atoms with Gasteiger partial charge in [0.25, 0.3) is 0 Å². The van der Waals surface area contributed by atoms with E-state index in [-0.39, 0.29) is 5.41 Å². The molecule has 1 radical (unpaired) electrons. The molecule has 1 aromatic rings. The monoisotopic (exact) mass is 171 g/mol. The number of allylic oxidation sites excluding steroid dienone is 1. The van der Waals surface area contributed by atoms with Crippen molar-refractivity contribution in [1.29, 1.82) is 0 Å². The lowest BCUT2D eigenvalue weighted by Crippen LogP contribution is -2.16. The molecule has 0 N–H and O–H groups in total. The Morgan fingerprint density at radius 2 is 1.85 bits per heavy atom. The van der Waals surface area contributed by atoms with E-state index < -0.39 is 0 Å². The lowest BCUT2D eigenvalue weighted by molar-refractivity contribution is 0.494. The molecule has 0 bridgehead atoms. The molecule has 0 amide bonds. The summed E-state index contributed by atoms with van der Waals surface area (Å²) in [4.78, 5) is 0.